The first kappa shape index (κ1) is 13.7. The van der Waals surface area contributed by atoms with Crippen LogP contribution in [-0.2, 0) is 0 Å². The zero-order valence-corrected chi connectivity index (χ0v) is 12.6. The number of nitrogens with zero attached hydrogens (tertiary/aromatic N) is 2. The Bertz CT molecular complexity index is 544. The Hall–Kier alpha value is -0.710. The molecule has 0 atom stereocenters. The minimum Gasteiger partial charge on any atom is -0.396 e. The number of anilines is 1. The van der Waals surface area contributed by atoms with Gasteiger partial charge in [0.25, 0.3) is 0 Å². The molecule has 2 N–H and O–H groups in total. The van der Waals surface area contributed by atoms with E-state index < -0.39 is 0 Å². The molecule has 0 fully saturated rings. The molecule has 3 nitrogen and oxygen atoms in total. The first-order chi connectivity index (χ1) is 8.56. The first-order valence-electron chi connectivity index (χ1n) is 5.86. The molecule has 0 bridgehead atoms. The van der Waals surface area contributed by atoms with Crippen molar-refractivity contribution in [3.8, 4) is 11.3 Å². The molecule has 0 aromatic carbocycles. The third-order valence-electron chi connectivity index (χ3n) is 2.99. The zero-order chi connectivity index (χ0) is 13.3. The van der Waals surface area contributed by atoms with Gasteiger partial charge in [0.2, 0.25) is 0 Å². The van der Waals surface area contributed by atoms with Gasteiger partial charge in [-0.1, -0.05) is 37.0 Å². The molecule has 0 spiro atoms. The van der Waals surface area contributed by atoms with Gasteiger partial charge in [-0.05, 0) is 18.9 Å². The molecule has 2 rings (SSSR count). The van der Waals surface area contributed by atoms with Gasteiger partial charge < -0.3 is 5.73 Å². The summed E-state index contributed by atoms with van der Waals surface area (Å²) in [5, 5.41) is 4.55. The summed E-state index contributed by atoms with van der Waals surface area (Å²) in [6.07, 6.45) is 3.92. The number of rotatable bonds is 4. The van der Waals surface area contributed by atoms with Crippen LogP contribution in [0.5, 0.6) is 0 Å². The third-order valence-corrected chi connectivity index (χ3v) is 4.48. The molecule has 6 heteroatoms. The predicted molar refractivity (Wildman–Crippen MR) is 79.6 cm³/mol. The van der Waals surface area contributed by atoms with E-state index in [1.54, 1.807) is 0 Å². The Kier molecular flexibility index (Phi) is 4.20. The molecule has 98 valence electrons. The Morgan fingerprint density at radius 3 is 2.56 bits per heavy atom. The number of halogens is 2. The van der Waals surface area contributed by atoms with Gasteiger partial charge in [-0.3, -0.25) is 4.68 Å². The monoisotopic (exact) mass is 303 g/mol. The molecule has 0 amide bonds. The van der Waals surface area contributed by atoms with Crippen LogP contribution in [0, 0.1) is 0 Å². The fourth-order valence-electron chi connectivity index (χ4n) is 1.97. The summed E-state index contributed by atoms with van der Waals surface area (Å²) in [5.74, 6) is 0. The summed E-state index contributed by atoms with van der Waals surface area (Å²) in [6.45, 7) is 4.28. The summed E-state index contributed by atoms with van der Waals surface area (Å²) in [6, 6.07) is 2.18. The van der Waals surface area contributed by atoms with Crippen molar-refractivity contribution in [2.45, 2.75) is 32.7 Å². The summed E-state index contributed by atoms with van der Waals surface area (Å²) in [5.41, 5.74) is 8.19. The van der Waals surface area contributed by atoms with Gasteiger partial charge in [-0.2, -0.15) is 5.10 Å². The fraction of sp³-hybridized carbons (Fsp3) is 0.417. The number of nitrogens with two attached hydrogens (primary N) is 1. The second kappa shape index (κ2) is 5.51. The number of aromatic nitrogens is 2. The SMILES string of the molecule is CCC(CC)n1cc(N)c(-c2cc(Cl)sc2Cl)n1. The lowest BCUT2D eigenvalue weighted by Gasteiger charge is -2.12. The van der Waals surface area contributed by atoms with Crippen molar-refractivity contribution >= 4 is 40.2 Å². The van der Waals surface area contributed by atoms with Crippen molar-refractivity contribution in [3.05, 3.63) is 20.9 Å². The zero-order valence-electron chi connectivity index (χ0n) is 10.3. The highest BCUT2D eigenvalue weighted by Gasteiger charge is 2.17. The average molecular weight is 304 g/mol. The Morgan fingerprint density at radius 1 is 1.39 bits per heavy atom. The topological polar surface area (TPSA) is 43.8 Å². The van der Waals surface area contributed by atoms with Crippen molar-refractivity contribution in [3.63, 3.8) is 0 Å². The molecule has 0 saturated carbocycles. The molecule has 0 radical (unpaired) electrons. The molecule has 0 unspecified atom stereocenters. The summed E-state index contributed by atoms with van der Waals surface area (Å²) in [7, 11) is 0. The van der Waals surface area contributed by atoms with Crippen molar-refractivity contribution in [2.75, 3.05) is 5.73 Å². The van der Waals surface area contributed by atoms with Crippen LogP contribution in [0.3, 0.4) is 0 Å². The van der Waals surface area contributed by atoms with E-state index in [-0.39, 0.29) is 0 Å². The van der Waals surface area contributed by atoms with Crippen LogP contribution in [-0.4, -0.2) is 9.78 Å². The van der Waals surface area contributed by atoms with Crippen LogP contribution in [0.15, 0.2) is 12.3 Å². The Morgan fingerprint density at radius 2 is 2.06 bits per heavy atom. The maximum Gasteiger partial charge on any atom is 0.118 e. The molecule has 0 aliphatic carbocycles. The molecule has 2 aromatic heterocycles. The first-order valence-corrected chi connectivity index (χ1v) is 7.43. The summed E-state index contributed by atoms with van der Waals surface area (Å²) < 4.78 is 3.19. The van der Waals surface area contributed by atoms with Gasteiger partial charge in [-0.25, -0.2) is 0 Å². The van der Waals surface area contributed by atoms with E-state index in [1.807, 2.05) is 16.9 Å². The predicted octanol–water partition coefficient (Wildman–Crippen LogP) is 4.86. The quantitative estimate of drug-likeness (QED) is 0.876. The van der Waals surface area contributed by atoms with Crippen LogP contribution < -0.4 is 5.73 Å². The van der Waals surface area contributed by atoms with Crippen molar-refractivity contribution < 1.29 is 0 Å². The van der Waals surface area contributed by atoms with Crippen LogP contribution in [0.2, 0.25) is 8.67 Å². The van der Waals surface area contributed by atoms with Crippen molar-refractivity contribution in [1.82, 2.24) is 9.78 Å². The van der Waals surface area contributed by atoms with Gasteiger partial charge in [-0.15, -0.1) is 11.3 Å². The maximum absolute atomic E-state index is 6.14. The van der Waals surface area contributed by atoms with Crippen LogP contribution >= 0.6 is 34.5 Å². The second-order valence-electron chi connectivity index (χ2n) is 4.12. The third kappa shape index (κ3) is 2.51. The number of nitrogen functional groups attached to an aromatic ring is 1. The Labute approximate surface area is 121 Å². The van der Waals surface area contributed by atoms with E-state index in [1.165, 1.54) is 11.3 Å². The van der Waals surface area contributed by atoms with E-state index in [0.717, 1.165) is 24.1 Å². The lowest BCUT2D eigenvalue weighted by Crippen LogP contribution is -2.07. The number of hydrogen-bond acceptors (Lipinski definition) is 3. The minimum absolute atomic E-state index is 0.369. The van der Waals surface area contributed by atoms with Crippen LogP contribution in [0.25, 0.3) is 11.3 Å². The molecule has 2 aromatic rings. The highest BCUT2D eigenvalue weighted by atomic mass is 35.5. The fourth-order valence-corrected chi connectivity index (χ4v) is 3.43. The molecule has 2 heterocycles. The maximum atomic E-state index is 6.14. The van der Waals surface area contributed by atoms with Gasteiger partial charge in [0.05, 0.1) is 16.1 Å². The summed E-state index contributed by atoms with van der Waals surface area (Å²) in [4.78, 5) is 0. The van der Waals surface area contributed by atoms with E-state index in [4.69, 9.17) is 28.9 Å². The molecule has 18 heavy (non-hydrogen) atoms. The number of thiophene rings is 1. The highest BCUT2D eigenvalue weighted by molar-refractivity contribution is 7.20. The van der Waals surface area contributed by atoms with Crippen molar-refractivity contribution in [1.29, 1.82) is 0 Å². The molecular weight excluding hydrogens is 289 g/mol. The van der Waals surface area contributed by atoms with Gasteiger partial charge >= 0.3 is 0 Å². The standard InChI is InChI=1S/C12H15Cl2N3S/c1-3-7(4-2)17-6-9(15)11(16-17)8-5-10(13)18-12(8)14/h5-7H,3-4,15H2,1-2H3. The van der Waals surface area contributed by atoms with Crippen LogP contribution in [0.1, 0.15) is 32.7 Å². The second-order valence-corrected chi connectivity index (χ2v) is 6.41. The van der Waals surface area contributed by atoms with Gasteiger partial charge in [0, 0.05) is 11.8 Å². The molecule has 0 aliphatic rings. The summed E-state index contributed by atoms with van der Waals surface area (Å²) >= 11 is 13.4. The average Bonchev–Trinajstić information content (AvgIpc) is 2.84. The highest BCUT2D eigenvalue weighted by Crippen LogP contribution is 2.39. The van der Waals surface area contributed by atoms with Gasteiger partial charge in [0.15, 0.2) is 0 Å². The lowest BCUT2D eigenvalue weighted by molar-refractivity contribution is 0.429. The molecule has 0 saturated heterocycles. The lowest BCUT2D eigenvalue weighted by atomic mass is 10.2. The Balaban J connectivity index is 2.43. The van der Waals surface area contributed by atoms with E-state index in [9.17, 15) is 0 Å². The van der Waals surface area contributed by atoms with E-state index >= 15 is 0 Å². The minimum atomic E-state index is 0.369. The van der Waals surface area contributed by atoms with Gasteiger partial charge in [0.1, 0.15) is 10.0 Å². The number of hydrogen-bond donors (Lipinski definition) is 1. The van der Waals surface area contributed by atoms with Crippen molar-refractivity contribution in [2.24, 2.45) is 0 Å². The molecular formula is C12H15Cl2N3S. The largest absolute Gasteiger partial charge is 0.396 e. The van der Waals surface area contributed by atoms with Crippen LogP contribution in [0.4, 0.5) is 5.69 Å². The van der Waals surface area contributed by atoms with E-state index in [0.29, 0.717) is 20.4 Å². The van der Waals surface area contributed by atoms with E-state index in [2.05, 4.69) is 18.9 Å². The molecule has 0 aliphatic heterocycles. The normalized spacial score (nSPS) is 11.4. The smallest absolute Gasteiger partial charge is 0.118 e.